The zero-order valence-corrected chi connectivity index (χ0v) is 10.2. The van der Waals surface area contributed by atoms with E-state index in [4.69, 9.17) is 0 Å². The first-order chi connectivity index (χ1) is 8.34. The molecule has 3 rings (SSSR count). The van der Waals surface area contributed by atoms with Gasteiger partial charge in [0, 0.05) is 11.1 Å². The van der Waals surface area contributed by atoms with Crippen LogP contribution in [0.25, 0.3) is 0 Å². The fraction of sp³-hybridized carbons (Fsp3) is 0.294. The number of hydrogen-bond acceptors (Lipinski definition) is 0. The molecule has 0 N–H and O–H groups in total. The van der Waals surface area contributed by atoms with Crippen molar-refractivity contribution < 1.29 is 0 Å². The molecule has 1 atom stereocenters. The van der Waals surface area contributed by atoms with Gasteiger partial charge in [0.25, 0.3) is 0 Å². The van der Waals surface area contributed by atoms with E-state index in [1.807, 2.05) is 0 Å². The average molecular weight is 220 g/mol. The first kappa shape index (κ1) is 10.4. The smallest absolute Gasteiger partial charge is 0.0281 e. The van der Waals surface area contributed by atoms with Gasteiger partial charge in [-0.3, -0.25) is 0 Å². The van der Waals surface area contributed by atoms with Crippen LogP contribution >= 0.6 is 0 Å². The Hall–Kier alpha value is -1.74. The Morgan fingerprint density at radius 1 is 1.06 bits per heavy atom. The van der Waals surface area contributed by atoms with Crippen molar-refractivity contribution in [2.45, 2.75) is 26.2 Å². The Morgan fingerprint density at radius 3 is 2.82 bits per heavy atom. The molecule has 0 radical (unpaired) electrons. The lowest BCUT2D eigenvalue weighted by atomic mass is 9.83. The number of fused-ring (bicyclic) bond motifs is 2. The Morgan fingerprint density at radius 2 is 1.88 bits per heavy atom. The van der Waals surface area contributed by atoms with Gasteiger partial charge in [-0.1, -0.05) is 49.1 Å². The molecule has 0 bridgehead atoms. The van der Waals surface area contributed by atoms with Crippen molar-refractivity contribution in [2.24, 2.45) is 5.92 Å². The molecule has 0 amide bonds. The summed E-state index contributed by atoms with van der Waals surface area (Å²) < 4.78 is 0. The highest BCUT2D eigenvalue weighted by atomic mass is 14.2. The highest BCUT2D eigenvalue weighted by Crippen LogP contribution is 2.29. The minimum Gasteiger partial charge on any atom is -0.0795 e. The van der Waals surface area contributed by atoms with Gasteiger partial charge in [-0.25, -0.2) is 0 Å². The number of hydrogen-bond donors (Lipinski definition) is 0. The fourth-order valence-electron chi connectivity index (χ4n) is 2.68. The van der Waals surface area contributed by atoms with Gasteiger partial charge in [0.2, 0.25) is 0 Å². The summed E-state index contributed by atoms with van der Waals surface area (Å²) in [5.74, 6) is 7.26. The van der Waals surface area contributed by atoms with Crippen LogP contribution in [0.15, 0.2) is 47.6 Å². The monoisotopic (exact) mass is 220 g/mol. The zero-order chi connectivity index (χ0) is 11.7. The second-order valence-electron chi connectivity index (χ2n) is 4.87. The molecular weight excluding hydrogens is 204 g/mol. The summed E-state index contributed by atoms with van der Waals surface area (Å²) in [5, 5.41) is 0. The van der Waals surface area contributed by atoms with Crippen LogP contribution in [0.1, 0.15) is 30.9 Å². The molecule has 0 spiro atoms. The van der Waals surface area contributed by atoms with E-state index in [9.17, 15) is 0 Å². The third-order valence-electron chi connectivity index (χ3n) is 3.60. The summed E-state index contributed by atoms with van der Waals surface area (Å²) >= 11 is 0. The molecule has 0 heterocycles. The lowest BCUT2D eigenvalue weighted by Crippen LogP contribution is -2.10. The van der Waals surface area contributed by atoms with E-state index in [1.54, 1.807) is 0 Å². The maximum absolute atomic E-state index is 3.35. The molecule has 0 saturated heterocycles. The molecule has 84 valence electrons. The molecule has 1 unspecified atom stereocenters. The lowest BCUT2D eigenvalue weighted by Gasteiger charge is -2.21. The van der Waals surface area contributed by atoms with Gasteiger partial charge in [0.15, 0.2) is 0 Å². The van der Waals surface area contributed by atoms with Crippen molar-refractivity contribution in [3.05, 3.63) is 58.7 Å². The molecule has 0 aromatic heterocycles. The van der Waals surface area contributed by atoms with Crippen molar-refractivity contribution in [1.29, 1.82) is 0 Å². The second-order valence-corrected chi connectivity index (χ2v) is 4.87. The van der Waals surface area contributed by atoms with Gasteiger partial charge >= 0.3 is 0 Å². The Bertz CT molecular complexity index is 561. The molecular formula is C17H16. The summed E-state index contributed by atoms with van der Waals surface area (Å²) in [6.45, 7) is 2.31. The molecule has 1 aromatic carbocycles. The molecule has 2 aliphatic carbocycles. The van der Waals surface area contributed by atoms with Crippen LogP contribution < -0.4 is 0 Å². The van der Waals surface area contributed by atoms with E-state index in [2.05, 4.69) is 55.2 Å². The summed E-state index contributed by atoms with van der Waals surface area (Å²) in [6, 6.07) is 8.53. The predicted molar refractivity (Wildman–Crippen MR) is 71.6 cm³/mol. The molecule has 2 aliphatic rings. The minimum absolute atomic E-state index is 0.581. The van der Waals surface area contributed by atoms with Crippen LogP contribution in [-0.4, -0.2) is 0 Å². The van der Waals surface area contributed by atoms with Crippen LogP contribution in [-0.2, 0) is 6.42 Å². The first-order valence-corrected chi connectivity index (χ1v) is 6.35. The van der Waals surface area contributed by atoms with Crippen molar-refractivity contribution in [2.75, 3.05) is 0 Å². The molecule has 17 heavy (non-hydrogen) atoms. The first-order valence-electron chi connectivity index (χ1n) is 6.35. The Labute approximate surface area is 103 Å². The van der Waals surface area contributed by atoms with Crippen LogP contribution in [0.2, 0.25) is 0 Å². The van der Waals surface area contributed by atoms with Gasteiger partial charge in [0.1, 0.15) is 0 Å². The van der Waals surface area contributed by atoms with E-state index in [0.29, 0.717) is 5.92 Å². The van der Waals surface area contributed by atoms with Gasteiger partial charge in [-0.2, -0.15) is 0 Å². The predicted octanol–water partition coefficient (Wildman–Crippen LogP) is 3.88. The molecule has 0 nitrogen and oxygen atoms in total. The van der Waals surface area contributed by atoms with E-state index in [0.717, 1.165) is 12.8 Å². The number of allylic oxidation sites excluding steroid dienone is 4. The third kappa shape index (κ3) is 1.94. The highest BCUT2D eigenvalue weighted by Gasteiger charge is 2.17. The maximum Gasteiger partial charge on any atom is 0.0281 e. The Balaban J connectivity index is 2.13. The SMILES string of the molecule is CC1Cc2ccccc2C#CC2=CCCC=C21. The van der Waals surface area contributed by atoms with Crippen molar-refractivity contribution >= 4 is 0 Å². The fourth-order valence-corrected chi connectivity index (χ4v) is 2.68. The molecule has 0 aliphatic heterocycles. The maximum atomic E-state index is 3.35. The second kappa shape index (κ2) is 4.26. The van der Waals surface area contributed by atoms with Crippen molar-refractivity contribution in [1.82, 2.24) is 0 Å². The standard InChI is InChI=1S/C17H16/c1-13-12-16-8-3-2-6-14(16)10-11-15-7-4-5-9-17(13)15/h2-3,6-9,13H,4-5,12H2,1H3. The number of benzene rings is 1. The molecule has 1 aromatic rings. The lowest BCUT2D eigenvalue weighted by molar-refractivity contribution is 0.676. The third-order valence-corrected chi connectivity index (χ3v) is 3.60. The summed E-state index contributed by atoms with van der Waals surface area (Å²) in [4.78, 5) is 0. The van der Waals surface area contributed by atoms with Gasteiger partial charge in [-0.05, 0) is 42.4 Å². The molecule has 0 saturated carbocycles. The Kier molecular flexibility index (Phi) is 2.61. The molecule has 0 heteroatoms. The summed E-state index contributed by atoms with van der Waals surface area (Å²) in [6.07, 6.45) is 8.10. The van der Waals surface area contributed by atoms with Crippen LogP contribution in [0.4, 0.5) is 0 Å². The molecule has 0 fully saturated rings. The van der Waals surface area contributed by atoms with Crippen LogP contribution in [0, 0.1) is 17.8 Å². The normalized spacial score (nSPS) is 21.8. The van der Waals surface area contributed by atoms with Crippen LogP contribution in [0.3, 0.4) is 0 Å². The van der Waals surface area contributed by atoms with E-state index in [1.165, 1.54) is 28.7 Å². The summed E-state index contributed by atoms with van der Waals surface area (Å²) in [7, 11) is 0. The number of rotatable bonds is 0. The topological polar surface area (TPSA) is 0 Å². The van der Waals surface area contributed by atoms with E-state index >= 15 is 0 Å². The quantitative estimate of drug-likeness (QED) is 0.582. The largest absolute Gasteiger partial charge is 0.0795 e. The van der Waals surface area contributed by atoms with Crippen molar-refractivity contribution in [3.8, 4) is 11.8 Å². The average Bonchev–Trinajstić information content (AvgIpc) is 2.36. The van der Waals surface area contributed by atoms with E-state index in [-0.39, 0.29) is 0 Å². The van der Waals surface area contributed by atoms with Crippen LogP contribution in [0.5, 0.6) is 0 Å². The van der Waals surface area contributed by atoms with E-state index < -0.39 is 0 Å². The van der Waals surface area contributed by atoms with Gasteiger partial charge in [0.05, 0.1) is 0 Å². The van der Waals surface area contributed by atoms with Gasteiger partial charge in [-0.15, -0.1) is 0 Å². The minimum atomic E-state index is 0.581. The van der Waals surface area contributed by atoms with Gasteiger partial charge < -0.3 is 0 Å². The van der Waals surface area contributed by atoms with Crippen molar-refractivity contribution in [3.63, 3.8) is 0 Å². The summed E-state index contributed by atoms with van der Waals surface area (Å²) in [5.41, 5.74) is 5.31. The highest BCUT2D eigenvalue weighted by molar-refractivity contribution is 5.55. The zero-order valence-electron chi connectivity index (χ0n) is 10.2.